The van der Waals surface area contributed by atoms with Gasteiger partial charge in [-0.2, -0.15) is 0 Å². The number of rotatable bonds is 7. The molecule has 1 aliphatic rings. The van der Waals surface area contributed by atoms with Gasteiger partial charge in [0.25, 0.3) is 0 Å². The van der Waals surface area contributed by atoms with Crippen molar-refractivity contribution in [3.63, 3.8) is 0 Å². The van der Waals surface area contributed by atoms with E-state index in [1.54, 1.807) is 16.8 Å². The molecule has 1 fully saturated rings. The summed E-state index contributed by atoms with van der Waals surface area (Å²) in [6, 6.07) is 0. The van der Waals surface area contributed by atoms with Crippen molar-refractivity contribution < 1.29 is 9.59 Å². The molecule has 0 aromatic rings. The van der Waals surface area contributed by atoms with Crippen LogP contribution in [0.5, 0.6) is 0 Å². The van der Waals surface area contributed by atoms with Crippen LogP contribution in [-0.4, -0.2) is 60.4 Å². The number of hydrogen-bond acceptors (Lipinski definition) is 3. The highest BCUT2D eigenvalue weighted by molar-refractivity contribution is 5.90. The van der Waals surface area contributed by atoms with Gasteiger partial charge in [0, 0.05) is 20.1 Å². The van der Waals surface area contributed by atoms with E-state index in [4.69, 9.17) is 0 Å². The number of likely N-dealkylation sites (N-methyl/N-ethyl adjacent to an activating group) is 2. The lowest BCUT2D eigenvalue weighted by atomic mass is 9.90. The Bertz CT molecular complexity index is 334. The van der Waals surface area contributed by atoms with Crippen LogP contribution in [0.15, 0.2) is 0 Å². The van der Waals surface area contributed by atoms with Crippen molar-refractivity contribution in [3.05, 3.63) is 0 Å². The van der Waals surface area contributed by atoms with E-state index >= 15 is 0 Å². The van der Waals surface area contributed by atoms with Crippen molar-refractivity contribution in [2.45, 2.75) is 52.0 Å². The van der Waals surface area contributed by atoms with Crippen LogP contribution in [0.25, 0.3) is 0 Å². The summed E-state index contributed by atoms with van der Waals surface area (Å²) in [6.45, 7) is 8.46. The van der Waals surface area contributed by atoms with E-state index in [9.17, 15) is 9.59 Å². The van der Waals surface area contributed by atoms with Gasteiger partial charge in [-0.1, -0.05) is 13.3 Å². The average molecular weight is 283 g/mol. The Morgan fingerprint density at radius 3 is 2.30 bits per heavy atom. The van der Waals surface area contributed by atoms with Gasteiger partial charge in [0.15, 0.2) is 0 Å². The maximum atomic E-state index is 12.7. The van der Waals surface area contributed by atoms with Gasteiger partial charge in [-0.25, -0.2) is 0 Å². The molecule has 1 rings (SSSR count). The minimum atomic E-state index is -0.437. The van der Waals surface area contributed by atoms with Crippen LogP contribution in [0.1, 0.15) is 46.5 Å². The summed E-state index contributed by atoms with van der Waals surface area (Å²) in [4.78, 5) is 28.1. The van der Waals surface area contributed by atoms with Crippen molar-refractivity contribution in [2.75, 3.05) is 33.2 Å². The summed E-state index contributed by atoms with van der Waals surface area (Å²) in [5.41, 5.74) is -0.437. The normalized spacial score (nSPS) is 21.8. The van der Waals surface area contributed by atoms with E-state index < -0.39 is 5.54 Å². The van der Waals surface area contributed by atoms with Crippen LogP contribution in [0.4, 0.5) is 0 Å². The van der Waals surface area contributed by atoms with Gasteiger partial charge in [0.05, 0.1) is 12.1 Å². The highest BCUT2D eigenvalue weighted by Gasteiger charge is 2.41. The molecular weight excluding hydrogens is 254 g/mol. The standard InChI is InChI=1S/C15H29N3O2/c1-5-9-15(10-8-11-16-15)14(20)17(4)12-13(19)18(6-2)7-3/h16H,5-12H2,1-4H3. The highest BCUT2D eigenvalue weighted by atomic mass is 16.2. The van der Waals surface area contributed by atoms with E-state index in [-0.39, 0.29) is 18.4 Å². The molecule has 0 saturated carbocycles. The van der Waals surface area contributed by atoms with Crippen LogP contribution >= 0.6 is 0 Å². The van der Waals surface area contributed by atoms with E-state index in [2.05, 4.69) is 12.2 Å². The van der Waals surface area contributed by atoms with Crippen molar-refractivity contribution in [1.82, 2.24) is 15.1 Å². The third-order valence-corrected chi connectivity index (χ3v) is 4.17. The van der Waals surface area contributed by atoms with Gasteiger partial charge < -0.3 is 15.1 Å². The van der Waals surface area contributed by atoms with Crippen LogP contribution in [0, 0.1) is 0 Å². The zero-order valence-electron chi connectivity index (χ0n) is 13.4. The number of carbonyl (C=O) groups is 2. The van der Waals surface area contributed by atoms with Gasteiger partial charge in [-0.3, -0.25) is 9.59 Å². The van der Waals surface area contributed by atoms with Crippen LogP contribution in [0.2, 0.25) is 0 Å². The fourth-order valence-corrected chi connectivity index (χ4v) is 3.05. The predicted molar refractivity (Wildman–Crippen MR) is 80.4 cm³/mol. The van der Waals surface area contributed by atoms with Crippen molar-refractivity contribution in [2.24, 2.45) is 0 Å². The Balaban J connectivity index is 2.68. The third-order valence-electron chi connectivity index (χ3n) is 4.17. The second-order valence-corrected chi connectivity index (χ2v) is 5.59. The Kier molecular flexibility index (Phi) is 6.46. The lowest BCUT2D eigenvalue weighted by Gasteiger charge is -2.33. The molecule has 20 heavy (non-hydrogen) atoms. The Labute approximate surface area is 122 Å². The minimum absolute atomic E-state index is 0.0236. The molecule has 5 nitrogen and oxygen atoms in total. The Hall–Kier alpha value is -1.10. The van der Waals surface area contributed by atoms with Gasteiger partial charge in [0.1, 0.15) is 0 Å². The summed E-state index contributed by atoms with van der Waals surface area (Å²) >= 11 is 0. The molecule has 0 aromatic carbocycles. The summed E-state index contributed by atoms with van der Waals surface area (Å²) in [7, 11) is 1.74. The van der Waals surface area contributed by atoms with Crippen LogP contribution in [-0.2, 0) is 9.59 Å². The monoisotopic (exact) mass is 283 g/mol. The van der Waals surface area contributed by atoms with Gasteiger partial charge >= 0.3 is 0 Å². The molecule has 5 heteroatoms. The smallest absolute Gasteiger partial charge is 0.243 e. The molecule has 0 bridgehead atoms. The van der Waals surface area contributed by atoms with Gasteiger partial charge in [-0.05, 0) is 39.7 Å². The first kappa shape index (κ1) is 17.0. The SMILES string of the molecule is CCCC1(C(=O)N(C)CC(=O)N(CC)CC)CCCN1. The van der Waals surface area contributed by atoms with E-state index in [0.717, 1.165) is 32.2 Å². The number of amides is 2. The molecule has 0 spiro atoms. The van der Waals surface area contributed by atoms with E-state index in [1.807, 2.05) is 13.8 Å². The molecule has 116 valence electrons. The summed E-state index contributed by atoms with van der Waals surface area (Å²) < 4.78 is 0. The fourth-order valence-electron chi connectivity index (χ4n) is 3.05. The summed E-state index contributed by atoms with van der Waals surface area (Å²) in [6.07, 6.45) is 3.72. The van der Waals surface area contributed by atoms with Crippen molar-refractivity contribution >= 4 is 11.8 Å². The van der Waals surface area contributed by atoms with Crippen molar-refractivity contribution in [1.29, 1.82) is 0 Å². The molecular formula is C15H29N3O2. The molecule has 1 heterocycles. The molecule has 0 aliphatic carbocycles. The molecule has 0 aromatic heterocycles. The maximum Gasteiger partial charge on any atom is 0.243 e. The van der Waals surface area contributed by atoms with Gasteiger partial charge in [0.2, 0.25) is 11.8 Å². The second-order valence-electron chi connectivity index (χ2n) is 5.59. The zero-order chi connectivity index (χ0) is 15.2. The topological polar surface area (TPSA) is 52.7 Å². The molecule has 1 atom stereocenters. The Morgan fingerprint density at radius 1 is 1.20 bits per heavy atom. The third kappa shape index (κ3) is 3.72. The Morgan fingerprint density at radius 2 is 1.85 bits per heavy atom. The summed E-state index contributed by atoms with van der Waals surface area (Å²) in [5.74, 6) is 0.0906. The first-order chi connectivity index (χ1) is 9.50. The predicted octanol–water partition coefficient (Wildman–Crippen LogP) is 1.24. The molecule has 1 N–H and O–H groups in total. The largest absolute Gasteiger partial charge is 0.342 e. The number of hydrogen-bond donors (Lipinski definition) is 1. The minimum Gasteiger partial charge on any atom is -0.342 e. The van der Waals surface area contributed by atoms with E-state index in [0.29, 0.717) is 13.1 Å². The lowest BCUT2D eigenvalue weighted by Crippen LogP contribution is -2.55. The number of nitrogens with zero attached hydrogens (tertiary/aromatic N) is 2. The highest BCUT2D eigenvalue weighted by Crippen LogP contribution is 2.26. The summed E-state index contributed by atoms with van der Waals surface area (Å²) in [5, 5.41) is 3.37. The maximum absolute atomic E-state index is 12.7. The number of nitrogens with one attached hydrogen (secondary N) is 1. The molecule has 2 amide bonds. The van der Waals surface area contributed by atoms with Crippen molar-refractivity contribution in [3.8, 4) is 0 Å². The molecule has 1 unspecified atom stereocenters. The second kappa shape index (κ2) is 7.62. The first-order valence-corrected chi connectivity index (χ1v) is 7.79. The first-order valence-electron chi connectivity index (χ1n) is 7.79. The van der Waals surface area contributed by atoms with Gasteiger partial charge in [-0.15, -0.1) is 0 Å². The quantitative estimate of drug-likeness (QED) is 0.765. The zero-order valence-corrected chi connectivity index (χ0v) is 13.4. The van der Waals surface area contributed by atoms with Crippen LogP contribution < -0.4 is 5.32 Å². The average Bonchev–Trinajstić information content (AvgIpc) is 2.89. The fraction of sp³-hybridized carbons (Fsp3) is 0.867. The molecule has 0 radical (unpaired) electrons. The van der Waals surface area contributed by atoms with Crippen LogP contribution in [0.3, 0.4) is 0 Å². The molecule has 1 saturated heterocycles. The molecule has 1 aliphatic heterocycles. The lowest BCUT2D eigenvalue weighted by molar-refractivity contribution is -0.143. The van der Waals surface area contributed by atoms with E-state index in [1.165, 1.54) is 0 Å². The number of carbonyl (C=O) groups excluding carboxylic acids is 2.